The van der Waals surface area contributed by atoms with Crippen LogP contribution in [0.25, 0.3) is 12.2 Å². The first-order valence-corrected chi connectivity index (χ1v) is 9.70. The lowest BCUT2D eigenvalue weighted by Crippen LogP contribution is -2.18. The van der Waals surface area contributed by atoms with E-state index in [9.17, 15) is 25.4 Å². The van der Waals surface area contributed by atoms with Crippen LogP contribution in [0.4, 0.5) is 11.4 Å². The van der Waals surface area contributed by atoms with E-state index in [0.717, 1.165) is 0 Å². The molecule has 1 rings (SSSR count). The lowest BCUT2D eigenvalue weighted by atomic mass is 9.96. The van der Waals surface area contributed by atoms with Crippen LogP contribution in [0.15, 0.2) is 17.2 Å². The minimum Gasteiger partial charge on any atom is -0.462 e. The summed E-state index contributed by atoms with van der Waals surface area (Å²) in [6.07, 6.45) is 2.64. The van der Waals surface area contributed by atoms with Crippen molar-refractivity contribution in [2.45, 2.75) is 13.8 Å². The fourth-order valence-electron chi connectivity index (χ4n) is 3.00. The summed E-state index contributed by atoms with van der Waals surface area (Å²) in [6, 6.07) is 7.39. The molecule has 0 unspecified atom stereocenters. The maximum Gasteiger partial charge on any atom is 0.348 e. The molecule has 0 aliphatic heterocycles. The van der Waals surface area contributed by atoms with Gasteiger partial charge in [0.1, 0.15) is 29.4 Å². The number of hydrogen-bond acceptors (Lipinski definition) is 9. The Morgan fingerprint density at radius 2 is 1.22 bits per heavy atom. The van der Waals surface area contributed by atoms with Crippen LogP contribution in [0.2, 0.25) is 0 Å². The fourth-order valence-corrected chi connectivity index (χ4v) is 3.00. The summed E-state index contributed by atoms with van der Waals surface area (Å²) in [6.45, 7) is 3.44. The highest BCUT2D eigenvalue weighted by atomic mass is 16.5. The van der Waals surface area contributed by atoms with Crippen molar-refractivity contribution < 1.29 is 19.1 Å². The van der Waals surface area contributed by atoms with Gasteiger partial charge < -0.3 is 19.3 Å². The van der Waals surface area contributed by atoms with Gasteiger partial charge in [-0.15, -0.1) is 0 Å². The molecule has 0 amide bonds. The number of rotatable bonds is 8. The number of carbonyl (C=O) groups is 2. The molecule has 0 radical (unpaired) electrons. The summed E-state index contributed by atoms with van der Waals surface area (Å²) >= 11 is 0. The number of carbonyl (C=O) groups excluding carboxylic acids is 2. The SMILES string of the molecule is CCOC(=O)C(C#N)=Cc1cc(C=C(C#N)C(=O)OCC)c(N(C)C)c(C#N)c1N(C)C. The Morgan fingerprint density at radius 1 is 0.844 bits per heavy atom. The van der Waals surface area contributed by atoms with Gasteiger partial charge in [0, 0.05) is 39.3 Å². The summed E-state index contributed by atoms with van der Waals surface area (Å²) in [5.41, 5.74) is 1.39. The molecule has 0 atom stereocenters. The van der Waals surface area contributed by atoms with Crippen LogP contribution in [0, 0.1) is 34.0 Å². The van der Waals surface area contributed by atoms with Crippen molar-refractivity contribution in [3.05, 3.63) is 33.9 Å². The van der Waals surface area contributed by atoms with E-state index < -0.39 is 11.9 Å². The van der Waals surface area contributed by atoms with Gasteiger partial charge >= 0.3 is 11.9 Å². The van der Waals surface area contributed by atoms with E-state index in [-0.39, 0.29) is 29.9 Å². The molecule has 0 saturated heterocycles. The quantitative estimate of drug-likeness (QED) is 0.343. The van der Waals surface area contributed by atoms with Crippen LogP contribution in [0.5, 0.6) is 0 Å². The van der Waals surface area contributed by atoms with Crippen LogP contribution in [-0.2, 0) is 19.1 Å². The van der Waals surface area contributed by atoms with E-state index in [1.807, 2.05) is 12.1 Å². The van der Waals surface area contributed by atoms with Crippen molar-refractivity contribution in [1.29, 1.82) is 15.8 Å². The van der Waals surface area contributed by atoms with Gasteiger partial charge in [0.2, 0.25) is 0 Å². The molecule has 166 valence electrons. The Labute approximate surface area is 188 Å². The van der Waals surface area contributed by atoms with Gasteiger partial charge in [-0.05, 0) is 32.1 Å². The van der Waals surface area contributed by atoms with Gasteiger partial charge in [0.15, 0.2) is 0 Å². The third kappa shape index (κ3) is 5.87. The highest BCUT2D eigenvalue weighted by Crippen LogP contribution is 2.37. The van der Waals surface area contributed by atoms with Gasteiger partial charge in [-0.2, -0.15) is 15.8 Å². The van der Waals surface area contributed by atoms with Crippen molar-refractivity contribution in [3.8, 4) is 18.2 Å². The minimum atomic E-state index is -0.795. The Kier molecular flexibility index (Phi) is 9.48. The van der Waals surface area contributed by atoms with Crippen molar-refractivity contribution >= 4 is 35.5 Å². The van der Waals surface area contributed by atoms with E-state index in [1.165, 1.54) is 12.2 Å². The number of hydrogen-bond donors (Lipinski definition) is 0. The summed E-state index contributed by atoms with van der Waals surface area (Å²) in [7, 11) is 6.88. The Balaban J connectivity index is 4.05. The molecule has 9 nitrogen and oxygen atoms in total. The molecule has 1 aromatic carbocycles. The highest BCUT2D eigenvalue weighted by molar-refractivity contribution is 6.02. The van der Waals surface area contributed by atoms with Crippen molar-refractivity contribution in [2.24, 2.45) is 0 Å². The normalized spacial score (nSPS) is 11.0. The molecule has 0 fully saturated rings. The third-order valence-corrected chi connectivity index (χ3v) is 4.17. The standard InChI is InChI=1S/C23H25N5O4/c1-7-31-22(29)17(12-24)10-15-9-16(11-18(13-25)23(30)32-8-2)21(28(5)6)19(14-26)20(15)27(3)4/h9-11H,7-8H2,1-6H3. The zero-order chi connectivity index (χ0) is 24.4. The Hall–Kier alpha value is -4.29. The average molecular weight is 435 g/mol. The monoisotopic (exact) mass is 435 g/mol. The smallest absolute Gasteiger partial charge is 0.348 e. The number of nitrogens with zero attached hydrogens (tertiary/aromatic N) is 5. The molecule has 1 aromatic rings. The summed E-state index contributed by atoms with van der Waals surface area (Å²) < 4.78 is 9.85. The van der Waals surface area contributed by atoms with Gasteiger partial charge in [-0.3, -0.25) is 0 Å². The van der Waals surface area contributed by atoms with Gasteiger partial charge in [0.05, 0.1) is 30.2 Å². The lowest BCUT2D eigenvalue weighted by molar-refractivity contribution is -0.138. The number of nitriles is 3. The van der Waals surface area contributed by atoms with Gasteiger partial charge in [-0.25, -0.2) is 9.59 Å². The highest BCUT2D eigenvalue weighted by Gasteiger charge is 2.22. The topological polar surface area (TPSA) is 130 Å². The molecule has 32 heavy (non-hydrogen) atoms. The summed E-state index contributed by atoms with van der Waals surface area (Å²) in [4.78, 5) is 27.7. The molecule has 0 aromatic heterocycles. The van der Waals surface area contributed by atoms with Crippen LogP contribution < -0.4 is 9.80 Å². The number of esters is 2. The predicted octanol–water partition coefficient (Wildman–Crippen LogP) is 2.63. The summed E-state index contributed by atoms with van der Waals surface area (Å²) in [5.74, 6) is -1.59. The fraction of sp³-hybridized carbons (Fsp3) is 0.348. The number of benzene rings is 1. The molecule has 0 N–H and O–H groups in total. The first-order valence-electron chi connectivity index (χ1n) is 9.70. The van der Waals surface area contributed by atoms with Crippen LogP contribution in [-0.4, -0.2) is 53.3 Å². The predicted molar refractivity (Wildman–Crippen MR) is 120 cm³/mol. The zero-order valence-corrected chi connectivity index (χ0v) is 19.0. The van der Waals surface area contributed by atoms with Crippen molar-refractivity contribution in [3.63, 3.8) is 0 Å². The molecule has 0 bridgehead atoms. The van der Waals surface area contributed by atoms with E-state index in [0.29, 0.717) is 22.5 Å². The summed E-state index contributed by atoms with van der Waals surface area (Å²) in [5, 5.41) is 28.8. The molecular formula is C23H25N5O4. The zero-order valence-electron chi connectivity index (χ0n) is 19.0. The lowest BCUT2D eigenvalue weighted by Gasteiger charge is -2.25. The molecule has 0 aliphatic rings. The van der Waals surface area contributed by atoms with Crippen molar-refractivity contribution in [2.75, 3.05) is 51.2 Å². The van der Waals surface area contributed by atoms with E-state index in [1.54, 1.807) is 57.9 Å². The van der Waals surface area contributed by atoms with E-state index in [2.05, 4.69) is 6.07 Å². The van der Waals surface area contributed by atoms with E-state index >= 15 is 0 Å². The van der Waals surface area contributed by atoms with Gasteiger partial charge in [0.25, 0.3) is 0 Å². The molecule has 0 spiro atoms. The Morgan fingerprint density at radius 3 is 1.47 bits per heavy atom. The largest absolute Gasteiger partial charge is 0.462 e. The van der Waals surface area contributed by atoms with Crippen LogP contribution in [0.3, 0.4) is 0 Å². The average Bonchev–Trinajstić information content (AvgIpc) is 2.74. The number of ether oxygens (including phenoxy) is 2. The minimum absolute atomic E-state index is 0.0977. The first kappa shape index (κ1) is 25.7. The Bertz CT molecular complexity index is 1000. The van der Waals surface area contributed by atoms with Crippen LogP contribution >= 0.6 is 0 Å². The second-order valence-electron chi connectivity index (χ2n) is 6.81. The first-order chi connectivity index (χ1) is 15.2. The number of anilines is 2. The third-order valence-electron chi connectivity index (χ3n) is 4.17. The maximum atomic E-state index is 12.1. The molecule has 9 heteroatoms. The maximum absolute atomic E-state index is 12.1. The molecule has 0 aliphatic carbocycles. The molecular weight excluding hydrogens is 410 g/mol. The van der Waals surface area contributed by atoms with Gasteiger partial charge in [-0.1, -0.05) is 0 Å². The molecule has 0 saturated carbocycles. The second-order valence-corrected chi connectivity index (χ2v) is 6.81. The van der Waals surface area contributed by atoms with Crippen LogP contribution in [0.1, 0.15) is 30.5 Å². The van der Waals surface area contributed by atoms with E-state index in [4.69, 9.17) is 9.47 Å². The van der Waals surface area contributed by atoms with Crippen molar-refractivity contribution in [1.82, 2.24) is 0 Å². The second kappa shape index (κ2) is 11.8. The molecule has 0 heterocycles.